The van der Waals surface area contributed by atoms with E-state index in [4.69, 9.17) is 10.5 Å². The van der Waals surface area contributed by atoms with Gasteiger partial charge in [0.2, 0.25) is 0 Å². The maximum absolute atomic E-state index is 5.87. The summed E-state index contributed by atoms with van der Waals surface area (Å²) in [6, 6.07) is 0.337. The van der Waals surface area contributed by atoms with Gasteiger partial charge in [0, 0.05) is 18.1 Å². The number of ether oxygens (including phenoxy) is 1. The first kappa shape index (κ1) is 10.0. The molecule has 1 aliphatic rings. The second-order valence-electron chi connectivity index (χ2n) is 4.38. The van der Waals surface area contributed by atoms with E-state index in [-0.39, 0.29) is 5.41 Å². The normalized spacial score (nSPS) is 33.0. The Bertz CT molecular complexity index is 145. The summed E-state index contributed by atoms with van der Waals surface area (Å²) in [7, 11) is 0. The van der Waals surface area contributed by atoms with Crippen LogP contribution in [-0.4, -0.2) is 18.8 Å². The molecule has 0 aliphatic heterocycles. The maximum Gasteiger partial charge on any atom is 0.0655 e. The summed E-state index contributed by atoms with van der Waals surface area (Å²) in [6.45, 7) is 7.47. The van der Waals surface area contributed by atoms with Gasteiger partial charge in [-0.2, -0.15) is 0 Å². The molecule has 0 aromatic carbocycles. The van der Waals surface area contributed by atoms with Crippen molar-refractivity contribution in [2.45, 2.75) is 52.2 Å². The van der Waals surface area contributed by atoms with Crippen molar-refractivity contribution in [1.82, 2.24) is 0 Å². The largest absolute Gasteiger partial charge is 0.378 e. The Morgan fingerprint density at radius 1 is 1.50 bits per heavy atom. The standard InChI is InChI=1S/C10H21NO/c1-4-5-6-12-9-7-8(11)10(9,2)3/h8-9H,4-7,11H2,1-3H3/t8-,9+/m1/s1. The minimum atomic E-state index is 0.202. The molecule has 0 unspecified atom stereocenters. The Labute approximate surface area is 75.5 Å². The molecule has 1 rings (SSSR count). The van der Waals surface area contributed by atoms with Gasteiger partial charge in [-0.15, -0.1) is 0 Å². The molecule has 2 atom stereocenters. The van der Waals surface area contributed by atoms with E-state index in [0.29, 0.717) is 12.1 Å². The second-order valence-corrected chi connectivity index (χ2v) is 4.38. The predicted octanol–water partition coefficient (Wildman–Crippen LogP) is 1.93. The van der Waals surface area contributed by atoms with Gasteiger partial charge in [-0.3, -0.25) is 0 Å². The molecule has 0 aromatic heterocycles. The van der Waals surface area contributed by atoms with Gasteiger partial charge >= 0.3 is 0 Å². The number of unbranched alkanes of at least 4 members (excludes halogenated alkanes) is 1. The monoisotopic (exact) mass is 171 g/mol. The summed E-state index contributed by atoms with van der Waals surface area (Å²) in [5, 5.41) is 0. The highest BCUT2D eigenvalue weighted by atomic mass is 16.5. The average molecular weight is 171 g/mol. The predicted molar refractivity (Wildman–Crippen MR) is 51.0 cm³/mol. The molecule has 2 N–H and O–H groups in total. The van der Waals surface area contributed by atoms with Crippen LogP contribution in [0.3, 0.4) is 0 Å². The summed E-state index contributed by atoms with van der Waals surface area (Å²) < 4.78 is 5.72. The Hall–Kier alpha value is -0.0800. The van der Waals surface area contributed by atoms with Crippen molar-refractivity contribution in [3.05, 3.63) is 0 Å². The van der Waals surface area contributed by atoms with Crippen LogP contribution in [0.25, 0.3) is 0 Å². The molecule has 1 fully saturated rings. The maximum atomic E-state index is 5.87. The Morgan fingerprint density at radius 2 is 2.17 bits per heavy atom. The summed E-state index contributed by atoms with van der Waals surface area (Å²) in [4.78, 5) is 0. The van der Waals surface area contributed by atoms with Crippen molar-refractivity contribution in [2.75, 3.05) is 6.61 Å². The molecule has 1 saturated carbocycles. The number of nitrogens with two attached hydrogens (primary N) is 1. The van der Waals surface area contributed by atoms with Crippen LogP contribution in [0.2, 0.25) is 0 Å². The van der Waals surface area contributed by atoms with Gasteiger partial charge in [0.15, 0.2) is 0 Å². The van der Waals surface area contributed by atoms with Gasteiger partial charge in [0.05, 0.1) is 6.10 Å². The van der Waals surface area contributed by atoms with Crippen LogP contribution >= 0.6 is 0 Å². The molecule has 0 aromatic rings. The highest BCUT2D eigenvalue weighted by molar-refractivity contribution is 5.00. The lowest BCUT2D eigenvalue weighted by molar-refractivity contribution is -0.108. The van der Waals surface area contributed by atoms with Gasteiger partial charge in [-0.05, 0) is 12.8 Å². The molecular weight excluding hydrogens is 150 g/mol. The summed E-state index contributed by atoms with van der Waals surface area (Å²) >= 11 is 0. The Morgan fingerprint density at radius 3 is 2.58 bits per heavy atom. The summed E-state index contributed by atoms with van der Waals surface area (Å²) in [6.07, 6.45) is 3.82. The molecule has 2 nitrogen and oxygen atoms in total. The molecular formula is C10H21NO. The quantitative estimate of drug-likeness (QED) is 0.656. The zero-order valence-electron chi connectivity index (χ0n) is 8.47. The van der Waals surface area contributed by atoms with Crippen LogP contribution in [0, 0.1) is 5.41 Å². The van der Waals surface area contributed by atoms with E-state index in [9.17, 15) is 0 Å². The summed E-state index contributed by atoms with van der Waals surface area (Å²) in [5.74, 6) is 0. The highest BCUT2D eigenvalue weighted by Gasteiger charge is 2.46. The molecule has 12 heavy (non-hydrogen) atoms. The van der Waals surface area contributed by atoms with Crippen molar-refractivity contribution in [1.29, 1.82) is 0 Å². The van der Waals surface area contributed by atoms with Crippen molar-refractivity contribution in [3.8, 4) is 0 Å². The molecule has 0 heterocycles. The van der Waals surface area contributed by atoms with Crippen LogP contribution in [-0.2, 0) is 4.74 Å². The van der Waals surface area contributed by atoms with Crippen molar-refractivity contribution in [3.63, 3.8) is 0 Å². The Kier molecular flexibility index (Phi) is 3.13. The molecule has 0 bridgehead atoms. The van der Waals surface area contributed by atoms with Gasteiger partial charge in [-0.1, -0.05) is 27.2 Å². The van der Waals surface area contributed by atoms with Crippen LogP contribution < -0.4 is 5.73 Å². The van der Waals surface area contributed by atoms with E-state index in [0.717, 1.165) is 13.0 Å². The second kappa shape index (κ2) is 3.75. The lowest BCUT2D eigenvalue weighted by Gasteiger charge is -2.49. The first-order valence-electron chi connectivity index (χ1n) is 4.96. The molecule has 0 saturated heterocycles. The summed E-state index contributed by atoms with van der Waals surface area (Å²) in [5.41, 5.74) is 6.07. The lowest BCUT2D eigenvalue weighted by atomic mass is 9.65. The molecule has 72 valence electrons. The molecule has 1 aliphatic carbocycles. The van der Waals surface area contributed by atoms with Crippen LogP contribution in [0.1, 0.15) is 40.0 Å². The molecule has 2 heteroatoms. The third kappa shape index (κ3) is 1.80. The van der Waals surface area contributed by atoms with Crippen molar-refractivity contribution >= 4 is 0 Å². The molecule has 0 radical (unpaired) electrons. The van der Waals surface area contributed by atoms with Gasteiger partial charge < -0.3 is 10.5 Å². The van der Waals surface area contributed by atoms with Gasteiger partial charge in [-0.25, -0.2) is 0 Å². The average Bonchev–Trinajstić information content (AvgIpc) is 2.04. The van der Waals surface area contributed by atoms with Crippen LogP contribution in [0.4, 0.5) is 0 Å². The number of rotatable bonds is 4. The number of hydrogen-bond acceptors (Lipinski definition) is 2. The lowest BCUT2D eigenvalue weighted by Crippen LogP contribution is -2.59. The van der Waals surface area contributed by atoms with E-state index in [2.05, 4.69) is 20.8 Å². The highest BCUT2D eigenvalue weighted by Crippen LogP contribution is 2.41. The molecule has 0 amide bonds. The first-order chi connectivity index (χ1) is 5.59. The van der Waals surface area contributed by atoms with E-state index < -0.39 is 0 Å². The van der Waals surface area contributed by atoms with E-state index in [1.165, 1.54) is 12.8 Å². The third-order valence-corrected chi connectivity index (χ3v) is 3.07. The fraction of sp³-hybridized carbons (Fsp3) is 1.00. The fourth-order valence-electron chi connectivity index (χ4n) is 1.57. The Balaban J connectivity index is 2.19. The minimum Gasteiger partial charge on any atom is -0.378 e. The number of hydrogen-bond donors (Lipinski definition) is 1. The third-order valence-electron chi connectivity index (χ3n) is 3.07. The first-order valence-corrected chi connectivity index (χ1v) is 4.96. The van der Waals surface area contributed by atoms with Crippen LogP contribution in [0.15, 0.2) is 0 Å². The van der Waals surface area contributed by atoms with Gasteiger partial charge in [0.1, 0.15) is 0 Å². The van der Waals surface area contributed by atoms with E-state index in [1.807, 2.05) is 0 Å². The van der Waals surface area contributed by atoms with Crippen molar-refractivity contribution < 1.29 is 4.74 Å². The molecule has 0 spiro atoms. The smallest absolute Gasteiger partial charge is 0.0655 e. The van der Waals surface area contributed by atoms with Gasteiger partial charge in [0.25, 0.3) is 0 Å². The van der Waals surface area contributed by atoms with Crippen molar-refractivity contribution in [2.24, 2.45) is 11.1 Å². The van der Waals surface area contributed by atoms with Crippen LogP contribution in [0.5, 0.6) is 0 Å². The van der Waals surface area contributed by atoms with E-state index >= 15 is 0 Å². The topological polar surface area (TPSA) is 35.2 Å². The minimum absolute atomic E-state index is 0.202. The zero-order valence-corrected chi connectivity index (χ0v) is 8.47. The zero-order chi connectivity index (χ0) is 9.19. The van der Waals surface area contributed by atoms with E-state index in [1.54, 1.807) is 0 Å². The fourth-order valence-corrected chi connectivity index (χ4v) is 1.57. The SMILES string of the molecule is CCCCO[C@H]1C[C@@H](N)C1(C)C.